The summed E-state index contributed by atoms with van der Waals surface area (Å²) >= 11 is 0. The molecule has 0 aliphatic carbocycles. The first-order chi connectivity index (χ1) is 7.23. The van der Waals surface area contributed by atoms with Crippen LogP contribution in [0.5, 0.6) is 5.75 Å². The molecular weight excluding hydrogens is 230 g/mol. The van der Waals surface area contributed by atoms with E-state index in [0.717, 1.165) is 12.1 Å². The van der Waals surface area contributed by atoms with E-state index in [2.05, 4.69) is 0 Å². The molecule has 0 spiro atoms. The summed E-state index contributed by atoms with van der Waals surface area (Å²) in [6.45, 7) is 0. The highest BCUT2D eigenvalue weighted by Crippen LogP contribution is 2.30. The maximum Gasteiger partial charge on any atom is 0.416 e. The maximum absolute atomic E-state index is 13.1. The Morgan fingerprint density at radius 3 is 2.25 bits per heavy atom. The van der Waals surface area contributed by atoms with E-state index in [1.165, 1.54) is 0 Å². The lowest BCUT2D eigenvalue weighted by atomic mass is 10.0. The second kappa shape index (κ2) is 4.26. The topological polar surface area (TPSA) is 66.5 Å². The van der Waals surface area contributed by atoms with Crippen molar-refractivity contribution in [1.82, 2.24) is 0 Å². The molecule has 7 heteroatoms. The first-order valence-electron chi connectivity index (χ1n) is 4.22. The van der Waals surface area contributed by atoms with Gasteiger partial charge in [0.1, 0.15) is 11.6 Å². The molecular formula is C9H9F4NO2. The third kappa shape index (κ3) is 2.61. The molecule has 16 heavy (non-hydrogen) atoms. The zero-order chi connectivity index (χ0) is 12.5. The van der Waals surface area contributed by atoms with Crippen LogP contribution >= 0.6 is 0 Å². The van der Waals surface area contributed by atoms with E-state index in [4.69, 9.17) is 15.9 Å². The van der Waals surface area contributed by atoms with E-state index in [0.29, 0.717) is 6.07 Å². The Morgan fingerprint density at radius 2 is 1.81 bits per heavy atom. The van der Waals surface area contributed by atoms with Gasteiger partial charge in [-0.05, 0) is 6.07 Å². The van der Waals surface area contributed by atoms with Gasteiger partial charge in [-0.1, -0.05) is 6.07 Å². The van der Waals surface area contributed by atoms with Crippen LogP contribution in [0.4, 0.5) is 17.6 Å². The number of halogens is 4. The summed E-state index contributed by atoms with van der Waals surface area (Å²) in [6, 6.07) is 0.574. The number of phenolic OH excluding ortho intramolecular Hbond substituents is 1. The van der Waals surface area contributed by atoms with Crippen LogP contribution in [0.3, 0.4) is 0 Å². The first-order valence-corrected chi connectivity index (χ1v) is 4.22. The van der Waals surface area contributed by atoms with Gasteiger partial charge < -0.3 is 15.9 Å². The van der Waals surface area contributed by atoms with Crippen molar-refractivity contribution in [3.63, 3.8) is 0 Å². The van der Waals surface area contributed by atoms with Gasteiger partial charge in [-0.15, -0.1) is 0 Å². The Kier molecular flexibility index (Phi) is 3.39. The van der Waals surface area contributed by atoms with Gasteiger partial charge >= 0.3 is 6.18 Å². The number of hydrogen-bond acceptors (Lipinski definition) is 3. The monoisotopic (exact) mass is 239 g/mol. The number of rotatable bonds is 2. The molecule has 0 saturated carbocycles. The minimum absolute atomic E-state index is 0.435. The summed E-state index contributed by atoms with van der Waals surface area (Å²) in [5, 5.41) is 17.7. The summed E-state index contributed by atoms with van der Waals surface area (Å²) in [4.78, 5) is 0. The van der Waals surface area contributed by atoms with Crippen LogP contribution in [0.25, 0.3) is 0 Å². The van der Waals surface area contributed by atoms with Gasteiger partial charge in [0.2, 0.25) is 0 Å². The van der Waals surface area contributed by atoms with Crippen molar-refractivity contribution >= 4 is 0 Å². The Hall–Kier alpha value is -1.34. The average molecular weight is 239 g/mol. The quantitative estimate of drug-likeness (QED) is 0.684. The molecule has 0 fully saturated rings. The molecule has 0 aliphatic heterocycles. The lowest BCUT2D eigenvalue weighted by Crippen LogP contribution is -2.39. The van der Waals surface area contributed by atoms with Gasteiger partial charge in [0.25, 0.3) is 0 Å². The largest absolute Gasteiger partial charge is 0.508 e. The third-order valence-corrected chi connectivity index (χ3v) is 2.02. The SMILES string of the molecule is N[C@@H](c1ccc(O)cc1F)[C@H](O)C(F)(F)F. The molecule has 0 aliphatic rings. The van der Waals surface area contributed by atoms with Gasteiger partial charge in [-0.2, -0.15) is 13.2 Å². The normalized spacial score (nSPS) is 15.9. The Bertz CT molecular complexity index is 380. The number of nitrogens with two attached hydrogens (primary N) is 1. The van der Waals surface area contributed by atoms with Crippen molar-refractivity contribution in [3.8, 4) is 5.75 Å². The van der Waals surface area contributed by atoms with Gasteiger partial charge in [0.05, 0.1) is 6.04 Å². The van der Waals surface area contributed by atoms with Gasteiger partial charge in [-0.25, -0.2) is 4.39 Å². The molecule has 0 amide bonds. The number of phenols is 1. The number of aromatic hydroxyl groups is 1. The molecule has 2 atom stereocenters. The predicted molar refractivity (Wildman–Crippen MR) is 47.1 cm³/mol. The number of alkyl halides is 3. The van der Waals surface area contributed by atoms with Crippen LogP contribution < -0.4 is 5.73 Å². The van der Waals surface area contributed by atoms with Crippen molar-refractivity contribution in [2.24, 2.45) is 5.73 Å². The van der Waals surface area contributed by atoms with Crippen LogP contribution in [0.15, 0.2) is 18.2 Å². The van der Waals surface area contributed by atoms with Crippen LogP contribution in [-0.4, -0.2) is 22.5 Å². The molecule has 4 N–H and O–H groups in total. The summed E-state index contributed by atoms with van der Waals surface area (Å²) < 4.78 is 49.4. The second-order valence-electron chi connectivity index (χ2n) is 3.22. The Morgan fingerprint density at radius 1 is 1.25 bits per heavy atom. The molecule has 0 saturated heterocycles. The molecule has 0 radical (unpaired) electrons. The second-order valence-corrected chi connectivity index (χ2v) is 3.22. The molecule has 3 nitrogen and oxygen atoms in total. The highest BCUT2D eigenvalue weighted by Gasteiger charge is 2.43. The van der Waals surface area contributed by atoms with Gasteiger partial charge in [0, 0.05) is 11.6 Å². The highest BCUT2D eigenvalue weighted by molar-refractivity contribution is 5.30. The highest BCUT2D eigenvalue weighted by atomic mass is 19.4. The summed E-state index contributed by atoms with van der Waals surface area (Å²) in [5.41, 5.74) is 4.57. The summed E-state index contributed by atoms with van der Waals surface area (Å²) in [7, 11) is 0. The Balaban J connectivity index is 3.01. The fraction of sp³-hybridized carbons (Fsp3) is 0.333. The zero-order valence-corrected chi connectivity index (χ0v) is 7.87. The van der Waals surface area contributed by atoms with Crippen molar-refractivity contribution < 1.29 is 27.8 Å². The molecule has 0 aromatic heterocycles. The lowest BCUT2D eigenvalue weighted by Gasteiger charge is -2.21. The molecule has 0 unspecified atom stereocenters. The van der Waals surface area contributed by atoms with E-state index in [1.54, 1.807) is 0 Å². The van der Waals surface area contributed by atoms with E-state index in [9.17, 15) is 17.6 Å². The number of benzene rings is 1. The van der Waals surface area contributed by atoms with E-state index >= 15 is 0 Å². The zero-order valence-electron chi connectivity index (χ0n) is 7.87. The van der Waals surface area contributed by atoms with Crippen molar-refractivity contribution in [1.29, 1.82) is 0 Å². The maximum atomic E-state index is 13.1. The molecule has 0 heterocycles. The molecule has 1 aromatic carbocycles. The minimum Gasteiger partial charge on any atom is -0.508 e. The smallest absolute Gasteiger partial charge is 0.416 e. The van der Waals surface area contributed by atoms with E-state index in [-0.39, 0.29) is 0 Å². The minimum atomic E-state index is -4.93. The molecule has 90 valence electrons. The number of aliphatic hydroxyl groups excluding tert-OH is 1. The van der Waals surface area contributed by atoms with Crippen LogP contribution in [0.2, 0.25) is 0 Å². The van der Waals surface area contributed by atoms with Gasteiger partial charge in [0.15, 0.2) is 6.10 Å². The van der Waals surface area contributed by atoms with Crippen molar-refractivity contribution in [2.45, 2.75) is 18.3 Å². The third-order valence-electron chi connectivity index (χ3n) is 2.02. The van der Waals surface area contributed by atoms with Crippen LogP contribution in [0, 0.1) is 5.82 Å². The fourth-order valence-electron chi connectivity index (χ4n) is 1.16. The predicted octanol–water partition coefficient (Wildman–Crippen LogP) is 1.45. The van der Waals surface area contributed by atoms with Crippen molar-refractivity contribution in [2.75, 3.05) is 0 Å². The van der Waals surface area contributed by atoms with Crippen LogP contribution in [-0.2, 0) is 0 Å². The average Bonchev–Trinajstić information content (AvgIpc) is 2.14. The first kappa shape index (κ1) is 12.7. The van der Waals surface area contributed by atoms with Crippen molar-refractivity contribution in [3.05, 3.63) is 29.6 Å². The fourth-order valence-corrected chi connectivity index (χ4v) is 1.16. The summed E-state index contributed by atoms with van der Waals surface area (Å²) in [6.07, 6.45) is -7.78. The molecule has 1 rings (SSSR count). The van der Waals surface area contributed by atoms with E-state index < -0.39 is 35.5 Å². The number of aliphatic hydroxyl groups is 1. The molecule has 1 aromatic rings. The Labute approximate surface area is 88.1 Å². The van der Waals surface area contributed by atoms with Crippen LogP contribution in [0.1, 0.15) is 11.6 Å². The molecule has 0 bridgehead atoms. The van der Waals surface area contributed by atoms with E-state index in [1.807, 2.05) is 0 Å². The lowest BCUT2D eigenvalue weighted by molar-refractivity contribution is -0.210. The standard InChI is InChI=1S/C9H9F4NO2/c10-6-3-4(15)1-2-5(6)7(14)8(16)9(11,12)13/h1-3,7-8,15-16H,14H2/t7-,8-/m0/s1. The summed E-state index contributed by atoms with van der Waals surface area (Å²) in [5.74, 6) is -1.54. The van der Waals surface area contributed by atoms with Gasteiger partial charge in [-0.3, -0.25) is 0 Å². The number of hydrogen-bond donors (Lipinski definition) is 3.